The van der Waals surface area contributed by atoms with Crippen molar-refractivity contribution in [3.63, 3.8) is 0 Å². The molecule has 4 aromatic heterocycles. The van der Waals surface area contributed by atoms with E-state index in [2.05, 4.69) is 41.3 Å². The molecule has 1 aromatic carbocycles. The van der Waals surface area contributed by atoms with Crippen LogP contribution in [0.25, 0.3) is 39.2 Å². The zero-order chi connectivity index (χ0) is 19.3. The van der Waals surface area contributed by atoms with E-state index in [1.54, 1.807) is 19.2 Å². The fourth-order valence-electron chi connectivity index (χ4n) is 3.45. The molecule has 0 unspecified atom stereocenters. The Kier molecular flexibility index (Phi) is 3.94. The van der Waals surface area contributed by atoms with Gasteiger partial charge in [-0.1, -0.05) is 6.07 Å². The first-order valence-corrected chi connectivity index (χ1v) is 9.61. The Morgan fingerprint density at radius 1 is 1.07 bits per heavy atom. The molecular formula is C22H15BrFN4+. The zero-order valence-electron chi connectivity index (χ0n) is 14.9. The molecule has 0 amide bonds. The summed E-state index contributed by atoms with van der Waals surface area (Å²) >= 11 is 3.49. The van der Waals surface area contributed by atoms with Gasteiger partial charge < -0.3 is 0 Å². The van der Waals surface area contributed by atoms with Crippen LogP contribution >= 0.6 is 15.9 Å². The smallest absolute Gasteiger partial charge is 0.255 e. The Morgan fingerprint density at radius 2 is 1.96 bits per heavy atom. The van der Waals surface area contributed by atoms with Gasteiger partial charge in [-0.2, -0.15) is 4.40 Å². The molecule has 5 aromatic rings. The van der Waals surface area contributed by atoms with Crippen LogP contribution in [0.4, 0.5) is 4.39 Å². The molecule has 0 fully saturated rings. The fourth-order valence-corrected chi connectivity index (χ4v) is 3.80. The lowest BCUT2D eigenvalue weighted by atomic mass is 10.0. The number of fused-ring (bicyclic) bond motifs is 2. The van der Waals surface area contributed by atoms with Gasteiger partial charge in [0.05, 0.1) is 17.4 Å². The lowest BCUT2D eigenvalue weighted by Gasteiger charge is -2.04. The number of nitrogens with one attached hydrogen (secondary N) is 1. The second-order valence-corrected chi connectivity index (χ2v) is 7.54. The van der Waals surface area contributed by atoms with Crippen molar-refractivity contribution in [1.82, 2.24) is 15.0 Å². The minimum absolute atomic E-state index is 0.310. The van der Waals surface area contributed by atoms with Crippen LogP contribution in [-0.4, -0.2) is 15.0 Å². The number of pyridine rings is 3. The van der Waals surface area contributed by atoms with Crippen molar-refractivity contribution in [3.8, 4) is 22.6 Å². The Hall–Kier alpha value is -3.12. The van der Waals surface area contributed by atoms with Crippen molar-refractivity contribution in [2.45, 2.75) is 6.92 Å². The fraction of sp³-hybridized carbons (Fsp3) is 0.0455. The second kappa shape index (κ2) is 6.49. The normalized spacial score (nSPS) is 11.4. The van der Waals surface area contributed by atoms with Gasteiger partial charge in [0.2, 0.25) is 0 Å². The highest BCUT2D eigenvalue weighted by atomic mass is 79.9. The van der Waals surface area contributed by atoms with Crippen molar-refractivity contribution in [3.05, 3.63) is 83.0 Å². The molecule has 4 nitrogen and oxygen atoms in total. The molecule has 0 radical (unpaired) electrons. The second-order valence-electron chi connectivity index (χ2n) is 6.63. The average Bonchev–Trinajstić information content (AvgIpc) is 3.09. The highest BCUT2D eigenvalue weighted by Gasteiger charge is 2.24. The van der Waals surface area contributed by atoms with Crippen LogP contribution < -0.4 is 4.40 Å². The van der Waals surface area contributed by atoms with Crippen LogP contribution in [0.2, 0.25) is 0 Å². The van der Waals surface area contributed by atoms with Crippen LogP contribution in [0.3, 0.4) is 0 Å². The van der Waals surface area contributed by atoms with Crippen molar-refractivity contribution >= 4 is 32.5 Å². The van der Waals surface area contributed by atoms with E-state index in [4.69, 9.17) is 0 Å². The molecule has 0 atom stereocenters. The van der Waals surface area contributed by atoms with E-state index in [-0.39, 0.29) is 5.82 Å². The van der Waals surface area contributed by atoms with Crippen molar-refractivity contribution < 1.29 is 8.79 Å². The lowest BCUT2D eigenvalue weighted by Crippen LogP contribution is -2.21. The number of aromatic nitrogens is 4. The third kappa shape index (κ3) is 2.77. The standard InChI is InChI=1S/C22H14BrFN4/c1-13-17(24)6-8-19(26-13)21-22(28-9-3-2-4-20(28)27-21)14-5-7-18-15(10-14)11-16(23)12-25-18/h2-12H,1H3/p+1. The van der Waals surface area contributed by atoms with Gasteiger partial charge in [-0.3, -0.25) is 4.98 Å². The SMILES string of the molecule is Cc1nc(-c2[nH]c3cccc[n+]3c2-c2ccc3ncc(Br)cc3c2)ccc1F. The van der Waals surface area contributed by atoms with Gasteiger partial charge in [-0.25, -0.2) is 14.4 Å². The summed E-state index contributed by atoms with van der Waals surface area (Å²) < 4.78 is 16.8. The van der Waals surface area contributed by atoms with Crippen LogP contribution in [0, 0.1) is 12.7 Å². The van der Waals surface area contributed by atoms with E-state index in [1.165, 1.54) is 6.07 Å². The molecule has 0 bridgehead atoms. The third-order valence-electron chi connectivity index (χ3n) is 4.79. The Bertz CT molecular complexity index is 1360. The first-order valence-electron chi connectivity index (χ1n) is 8.82. The first kappa shape index (κ1) is 17.0. The Labute approximate surface area is 168 Å². The predicted molar refractivity (Wildman–Crippen MR) is 110 cm³/mol. The van der Waals surface area contributed by atoms with E-state index >= 15 is 0 Å². The minimum atomic E-state index is -0.310. The highest BCUT2D eigenvalue weighted by Crippen LogP contribution is 2.31. The summed E-state index contributed by atoms with van der Waals surface area (Å²) in [6.45, 7) is 1.67. The van der Waals surface area contributed by atoms with Gasteiger partial charge >= 0.3 is 0 Å². The number of hydrogen-bond acceptors (Lipinski definition) is 2. The molecular weight excluding hydrogens is 419 g/mol. The largest absolute Gasteiger partial charge is 0.284 e. The quantitative estimate of drug-likeness (QED) is 0.387. The molecule has 0 spiro atoms. The number of imidazole rings is 1. The monoisotopic (exact) mass is 433 g/mol. The van der Waals surface area contributed by atoms with Crippen molar-refractivity contribution in [2.75, 3.05) is 0 Å². The number of benzene rings is 1. The Balaban J connectivity index is 1.82. The van der Waals surface area contributed by atoms with E-state index in [0.717, 1.165) is 38.0 Å². The van der Waals surface area contributed by atoms with Crippen molar-refractivity contribution in [1.29, 1.82) is 0 Å². The number of halogens is 2. The molecule has 0 aliphatic rings. The molecule has 1 N–H and O–H groups in total. The van der Waals surface area contributed by atoms with Gasteiger partial charge in [-0.15, -0.1) is 0 Å². The maximum Gasteiger partial charge on any atom is 0.284 e. The van der Waals surface area contributed by atoms with E-state index in [0.29, 0.717) is 11.4 Å². The number of H-pyrrole nitrogens is 1. The van der Waals surface area contributed by atoms with Gasteiger partial charge in [0.25, 0.3) is 5.65 Å². The zero-order valence-corrected chi connectivity index (χ0v) is 16.5. The lowest BCUT2D eigenvalue weighted by molar-refractivity contribution is -0.497. The summed E-state index contributed by atoms with van der Waals surface area (Å²) in [5.74, 6) is -0.310. The summed E-state index contributed by atoms with van der Waals surface area (Å²) in [5, 5.41) is 1.03. The van der Waals surface area contributed by atoms with Crippen LogP contribution in [0.15, 0.2) is 71.5 Å². The van der Waals surface area contributed by atoms with E-state index < -0.39 is 0 Å². The summed E-state index contributed by atoms with van der Waals surface area (Å²) in [6.07, 6.45) is 3.80. The number of rotatable bonds is 2. The van der Waals surface area contributed by atoms with Crippen LogP contribution in [-0.2, 0) is 0 Å². The summed E-state index contributed by atoms with van der Waals surface area (Å²) in [6, 6.07) is 17.3. The van der Waals surface area contributed by atoms with Crippen molar-refractivity contribution in [2.24, 2.45) is 0 Å². The number of hydrogen-bond donors (Lipinski definition) is 1. The molecule has 0 saturated heterocycles. The maximum absolute atomic E-state index is 13.8. The van der Waals surface area contributed by atoms with Gasteiger partial charge in [-0.05, 0) is 65.3 Å². The van der Waals surface area contributed by atoms with E-state index in [9.17, 15) is 4.39 Å². The minimum Gasteiger partial charge on any atom is -0.255 e. The molecule has 0 saturated carbocycles. The third-order valence-corrected chi connectivity index (χ3v) is 5.22. The van der Waals surface area contributed by atoms with Crippen LogP contribution in [0.1, 0.15) is 5.69 Å². The first-order chi connectivity index (χ1) is 13.6. The van der Waals surface area contributed by atoms with Gasteiger partial charge in [0.1, 0.15) is 11.5 Å². The maximum atomic E-state index is 13.8. The summed E-state index contributed by atoms with van der Waals surface area (Å²) in [7, 11) is 0. The van der Waals surface area contributed by atoms with Gasteiger partial charge in [0.15, 0.2) is 11.4 Å². The average molecular weight is 434 g/mol. The Morgan fingerprint density at radius 3 is 2.82 bits per heavy atom. The molecule has 4 heterocycles. The molecule has 6 heteroatoms. The van der Waals surface area contributed by atoms with Crippen LogP contribution in [0.5, 0.6) is 0 Å². The van der Waals surface area contributed by atoms with E-state index in [1.807, 2.05) is 42.6 Å². The molecule has 5 rings (SSSR count). The molecule has 0 aliphatic heterocycles. The topological polar surface area (TPSA) is 45.7 Å². The number of aromatic amines is 1. The summed E-state index contributed by atoms with van der Waals surface area (Å²) in [4.78, 5) is 12.4. The molecule has 136 valence electrons. The molecule has 0 aliphatic carbocycles. The number of nitrogens with zero attached hydrogens (tertiary/aromatic N) is 3. The van der Waals surface area contributed by atoms with Gasteiger partial charge in [0, 0.05) is 27.7 Å². The molecule has 28 heavy (non-hydrogen) atoms. The summed E-state index contributed by atoms with van der Waals surface area (Å²) in [5.41, 5.74) is 5.77. The number of aryl methyl sites for hydroxylation is 1. The predicted octanol–water partition coefficient (Wildman–Crippen LogP) is 5.24. The highest BCUT2D eigenvalue weighted by molar-refractivity contribution is 9.10.